The molecule has 0 bridgehead atoms. The minimum absolute atomic E-state index is 0.445. The number of rotatable bonds is 5. The van der Waals surface area contributed by atoms with Crippen LogP contribution in [0, 0.1) is 0 Å². The lowest BCUT2D eigenvalue weighted by molar-refractivity contribution is 0.249. The summed E-state index contributed by atoms with van der Waals surface area (Å²) in [6, 6.07) is 7.02. The monoisotopic (exact) mass is 345 g/mol. The highest BCUT2D eigenvalue weighted by molar-refractivity contribution is 6.30. The van der Waals surface area contributed by atoms with Gasteiger partial charge < -0.3 is 16.4 Å². The molecule has 1 aliphatic carbocycles. The molecule has 1 aliphatic rings. The standard InChI is InChI=1S/C17H20ClN5O/c18-12-5-3-4-11(10-12)15-22-14-7-2-1-6-13(14)16(23-15)20-8-9-21-17(19)24/h3-5,10H,1-2,6-9H2,(H3,19,21,24)(H,20,22,23). The first-order valence-electron chi connectivity index (χ1n) is 8.06. The smallest absolute Gasteiger partial charge is 0.312 e. The van der Waals surface area contributed by atoms with Crippen LogP contribution in [0.25, 0.3) is 11.4 Å². The number of nitrogens with one attached hydrogen (secondary N) is 2. The molecule has 0 atom stereocenters. The second-order valence-corrected chi connectivity index (χ2v) is 6.19. The summed E-state index contributed by atoms with van der Waals surface area (Å²) in [4.78, 5) is 20.2. The largest absolute Gasteiger partial charge is 0.368 e. The summed E-state index contributed by atoms with van der Waals surface area (Å²) >= 11 is 6.09. The molecule has 1 heterocycles. The Morgan fingerprint density at radius 2 is 2.04 bits per heavy atom. The molecule has 126 valence electrons. The van der Waals surface area contributed by atoms with Crippen LogP contribution in [0.5, 0.6) is 0 Å². The number of halogens is 1. The molecular formula is C17H20ClN5O. The van der Waals surface area contributed by atoms with Crippen molar-refractivity contribution in [2.45, 2.75) is 25.7 Å². The van der Waals surface area contributed by atoms with E-state index in [0.717, 1.165) is 42.8 Å². The number of nitrogens with zero attached hydrogens (tertiary/aromatic N) is 2. The third-order valence-corrected chi connectivity index (χ3v) is 4.22. The van der Waals surface area contributed by atoms with E-state index in [-0.39, 0.29) is 0 Å². The first-order valence-corrected chi connectivity index (χ1v) is 8.44. The van der Waals surface area contributed by atoms with Crippen molar-refractivity contribution >= 4 is 23.4 Å². The molecule has 24 heavy (non-hydrogen) atoms. The molecule has 0 unspecified atom stereocenters. The minimum atomic E-state index is -0.527. The summed E-state index contributed by atoms with van der Waals surface area (Å²) in [6.07, 6.45) is 4.21. The maximum Gasteiger partial charge on any atom is 0.312 e. The van der Waals surface area contributed by atoms with Crippen molar-refractivity contribution in [1.82, 2.24) is 15.3 Å². The lowest BCUT2D eigenvalue weighted by atomic mass is 9.96. The van der Waals surface area contributed by atoms with Gasteiger partial charge in [-0.3, -0.25) is 0 Å². The SMILES string of the molecule is NC(=O)NCCNc1nc(-c2cccc(Cl)c2)nc2c1CCCC2. The average molecular weight is 346 g/mol. The number of hydrogen-bond acceptors (Lipinski definition) is 4. The molecule has 0 saturated carbocycles. The van der Waals surface area contributed by atoms with Crippen LogP contribution in [-0.4, -0.2) is 29.1 Å². The fraction of sp³-hybridized carbons (Fsp3) is 0.353. The van der Waals surface area contributed by atoms with Crippen LogP contribution >= 0.6 is 11.6 Å². The zero-order valence-corrected chi connectivity index (χ0v) is 14.1. The molecule has 4 N–H and O–H groups in total. The molecule has 1 aromatic carbocycles. The molecule has 2 amide bonds. The Bertz CT molecular complexity index is 750. The van der Waals surface area contributed by atoms with Crippen LogP contribution in [0.4, 0.5) is 10.6 Å². The number of fused-ring (bicyclic) bond motifs is 1. The van der Waals surface area contributed by atoms with E-state index in [1.165, 1.54) is 5.56 Å². The maximum atomic E-state index is 10.8. The minimum Gasteiger partial charge on any atom is -0.368 e. The topological polar surface area (TPSA) is 92.9 Å². The first-order chi connectivity index (χ1) is 11.6. The Kier molecular flexibility index (Phi) is 5.15. The van der Waals surface area contributed by atoms with E-state index in [0.29, 0.717) is 23.9 Å². The van der Waals surface area contributed by atoms with Crippen LogP contribution < -0.4 is 16.4 Å². The van der Waals surface area contributed by atoms with E-state index in [9.17, 15) is 4.79 Å². The van der Waals surface area contributed by atoms with Gasteiger partial charge in [0.15, 0.2) is 5.82 Å². The molecule has 0 spiro atoms. The van der Waals surface area contributed by atoms with Gasteiger partial charge in [0, 0.05) is 34.9 Å². The summed E-state index contributed by atoms with van der Waals surface area (Å²) in [7, 11) is 0. The lowest BCUT2D eigenvalue weighted by Crippen LogP contribution is -2.33. The number of benzene rings is 1. The summed E-state index contributed by atoms with van der Waals surface area (Å²) in [5, 5.41) is 6.52. The lowest BCUT2D eigenvalue weighted by Gasteiger charge is -2.20. The summed E-state index contributed by atoms with van der Waals surface area (Å²) in [6.45, 7) is 1.00. The number of amides is 2. The van der Waals surface area contributed by atoms with Crippen LogP contribution in [0.3, 0.4) is 0 Å². The third-order valence-electron chi connectivity index (χ3n) is 3.98. The Balaban J connectivity index is 1.88. The molecule has 0 aliphatic heterocycles. The number of nitrogens with two attached hydrogens (primary N) is 1. The third kappa shape index (κ3) is 3.94. The van der Waals surface area contributed by atoms with Gasteiger partial charge in [-0.05, 0) is 37.8 Å². The fourth-order valence-corrected chi connectivity index (χ4v) is 3.05. The Labute approximate surface area is 145 Å². The van der Waals surface area contributed by atoms with Gasteiger partial charge in [0.05, 0.1) is 0 Å². The number of anilines is 1. The van der Waals surface area contributed by atoms with Gasteiger partial charge >= 0.3 is 6.03 Å². The quantitative estimate of drug-likeness (QED) is 0.726. The zero-order valence-electron chi connectivity index (χ0n) is 13.3. The van der Waals surface area contributed by atoms with Crippen LogP contribution in [0.1, 0.15) is 24.1 Å². The van der Waals surface area contributed by atoms with E-state index in [2.05, 4.69) is 15.6 Å². The summed E-state index contributed by atoms with van der Waals surface area (Å²) < 4.78 is 0. The van der Waals surface area contributed by atoms with Crippen LogP contribution in [0.2, 0.25) is 5.02 Å². The van der Waals surface area contributed by atoms with E-state index in [1.807, 2.05) is 24.3 Å². The number of carbonyl (C=O) groups excluding carboxylic acids is 1. The predicted octanol–water partition coefficient (Wildman–Crippen LogP) is 2.76. The molecule has 3 rings (SSSR count). The van der Waals surface area contributed by atoms with Crippen molar-refractivity contribution in [3.63, 3.8) is 0 Å². The van der Waals surface area contributed by atoms with Gasteiger partial charge in [-0.1, -0.05) is 23.7 Å². The summed E-state index contributed by atoms with van der Waals surface area (Å²) in [5.41, 5.74) is 8.24. The second-order valence-electron chi connectivity index (χ2n) is 5.76. The highest BCUT2D eigenvalue weighted by atomic mass is 35.5. The van der Waals surface area contributed by atoms with Crippen molar-refractivity contribution < 1.29 is 4.79 Å². The number of urea groups is 1. The van der Waals surface area contributed by atoms with Gasteiger partial charge in [-0.2, -0.15) is 0 Å². The number of hydrogen-bond donors (Lipinski definition) is 3. The van der Waals surface area contributed by atoms with E-state index >= 15 is 0 Å². The van der Waals surface area contributed by atoms with Crippen molar-refractivity contribution in [2.75, 3.05) is 18.4 Å². The van der Waals surface area contributed by atoms with Gasteiger partial charge in [0.1, 0.15) is 5.82 Å². The van der Waals surface area contributed by atoms with Crippen molar-refractivity contribution in [2.24, 2.45) is 5.73 Å². The first kappa shape index (κ1) is 16.5. The van der Waals surface area contributed by atoms with Crippen molar-refractivity contribution in [1.29, 1.82) is 0 Å². The highest BCUT2D eigenvalue weighted by Gasteiger charge is 2.18. The molecule has 7 heteroatoms. The maximum absolute atomic E-state index is 10.8. The Morgan fingerprint density at radius 3 is 2.83 bits per heavy atom. The molecule has 0 fully saturated rings. The molecule has 2 aromatic rings. The van der Waals surface area contributed by atoms with Gasteiger partial charge in [-0.15, -0.1) is 0 Å². The van der Waals surface area contributed by atoms with Crippen LogP contribution in [0.15, 0.2) is 24.3 Å². The zero-order chi connectivity index (χ0) is 16.9. The summed E-state index contributed by atoms with van der Waals surface area (Å²) in [5.74, 6) is 1.50. The normalized spacial score (nSPS) is 13.2. The molecule has 0 radical (unpaired) electrons. The van der Waals surface area contributed by atoms with Gasteiger partial charge in [0.25, 0.3) is 0 Å². The average Bonchev–Trinajstić information content (AvgIpc) is 2.58. The molecular weight excluding hydrogens is 326 g/mol. The van der Waals surface area contributed by atoms with Crippen LogP contribution in [-0.2, 0) is 12.8 Å². The molecule has 6 nitrogen and oxygen atoms in total. The second kappa shape index (κ2) is 7.49. The Morgan fingerprint density at radius 1 is 1.21 bits per heavy atom. The number of aryl methyl sites for hydroxylation is 1. The Hall–Kier alpha value is -2.34. The highest BCUT2D eigenvalue weighted by Crippen LogP contribution is 2.29. The predicted molar refractivity (Wildman–Crippen MR) is 95.2 cm³/mol. The number of aromatic nitrogens is 2. The van der Waals surface area contributed by atoms with E-state index in [4.69, 9.17) is 22.3 Å². The fourth-order valence-electron chi connectivity index (χ4n) is 2.86. The molecule has 0 saturated heterocycles. The van der Waals surface area contributed by atoms with Gasteiger partial charge in [-0.25, -0.2) is 14.8 Å². The van der Waals surface area contributed by atoms with Crippen molar-refractivity contribution in [3.8, 4) is 11.4 Å². The number of carbonyl (C=O) groups is 1. The van der Waals surface area contributed by atoms with E-state index in [1.54, 1.807) is 0 Å². The van der Waals surface area contributed by atoms with Crippen molar-refractivity contribution in [3.05, 3.63) is 40.5 Å². The van der Waals surface area contributed by atoms with Gasteiger partial charge in [0.2, 0.25) is 0 Å². The van der Waals surface area contributed by atoms with E-state index < -0.39 is 6.03 Å². The number of primary amides is 1. The molecule has 1 aromatic heterocycles.